The molecular formula is C52H81N3O12. The summed E-state index contributed by atoms with van der Waals surface area (Å²) in [4.78, 5) is 60.9. The monoisotopic (exact) mass is 940 g/mol. The Morgan fingerprint density at radius 2 is 0.925 bits per heavy atom. The van der Waals surface area contributed by atoms with E-state index >= 15 is 0 Å². The summed E-state index contributed by atoms with van der Waals surface area (Å²) in [6.07, 6.45) is 8.78. The lowest BCUT2D eigenvalue weighted by Gasteiger charge is -2.15. The molecule has 3 aromatic carbocycles. The van der Waals surface area contributed by atoms with Gasteiger partial charge in [0.15, 0.2) is 29.7 Å². The van der Waals surface area contributed by atoms with E-state index in [-0.39, 0.29) is 127 Å². The first-order valence-electron chi connectivity index (χ1n) is 20.7. The highest BCUT2D eigenvalue weighted by atomic mass is 16.6. The summed E-state index contributed by atoms with van der Waals surface area (Å²) >= 11 is 0. The van der Waals surface area contributed by atoms with Crippen LogP contribution < -0.4 is 14.2 Å². The Bertz CT molecular complexity index is 2060. The second kappa shape index (κ2) is 34.1. The van der Waals surface area contributed by atoms with E-state index in [0.717, 1.165) is 64.2 Å². The first-order chi connectivity index (χ1) is 29.4. The van der Waals surface area contributed by atoms with Gasteiger partial charge < -0.3 is 43.4 Å². The van der Waals surface area contributed by atoms with Gasteiger partial charge in [0, 0.05) is 24.1 Å². The van der Waals surface area contributed by atoms with Crippen molar-refractivity contribution in [1.29, 1.82) is 0 Å². The predicted octanol–water partition coefficient (Wildman–Crippen LogP) is 12.2. The maximum atomic E-state index is 12.7. The number of benzene rings is 3. The predicted molar refractivity (Wildman–Crippen MR) is 267 cm³/mol. The molecule has 0 bridgehead atoms. The molecule has 0 aliphatic rings. The molecule has 0 fully saturated rings. The van der Waals surface area contributed by atoms with Crippen molar-refractivity contribution in [3.8, 4) is 62.9 Å². The Balaban J connectivity index is -0.00000683. The van der Waals surface area contributed by atoms with Crippen LogP contribution in [-0.2, 0) is 33.4 Å². The second-order valence-corrected chi connectivity index (χ2v) is 14.6. The summed E-state index contributed by atoms with van der Waals surface area (Å²) in [7, 11) is 2.81. The van der Waals surface area contributed by atoms with Crippen LogP contribution in [0.3, 0.4) is 0 Å². The molecule has 15 heteroatoms. The topological polar surface area (TPSA) is 203 Å². The zero-order valence-corrected chi connectivity index (χ0v) is 35.6. The standard InChI is InChI=1S/C46H57N3O12.6CH4/c1-30(50)16-25-41(53)58-26-14-12-10-8-6-7-9-11-13-15-27-59-46(55)32(3)61-36-22-24-38(40(52)29-36)44-48-42(33-17-19-34(56-4)20-18-33)47-43(49-44)37-23-21-35(28-39(37)51)60-31(2)45(54)57-5;;;;;;/h17-24,28-29,31-32,51-52H,6-16,25-27H2,1-5H3;6*1H4. The minimum absolute atomic E-state index is 0. The minimum Gasteiger partial charge on any atom is -0.507 e. The number of aromatic nitrogens is 3. The van der Waals surface area contributed by atoms with Crippen LogP contribution in [0.5, 0.6) is 28.7 Å². The molecule has 2 unspecified atom stereocenters. The number of rotatable bonds is 26. The Morgan fingerprint density at radius 1 is 0.522 bits per heavy atom. The number of aromatic hydroxyl groups is 2. The average molecular weight is 940 g/mol. The number of hydrogen-bond acceptors (Lipinski definition) is 15. The lowest BCUT2D eigenvalue weighted by atomic mass is 10.1. The molecule has 0 radical (unpaired) electrons. The molecule has 0 saturated carbocycles. The number of nitrogens with zero attached hydrogens (tertiary/aromatic N) is 3. The van der Waals surface area contributed by atoms with Crippen LogP contribution in [0, 0.1) is 0 Å². The molecule has 1 heterocycles. The van der Waals surface area contributed by atoms with E-state index in [1.165, 1.54) is 33.1 Å². The van der Waals surface area contributed by atoms with Crippen LogP contribution in [0.2, 0.25) is 0 Å². The van der Waals surface area contributed by atoms with Gasteiger partial charge >= 0.3 is 17.9 Å². The van der Waals surface area contributed by atoms with E-state index in [0.29, 0.717) is 17.9 Å². The van der Waals surface area contributed by atoms with Crippen LogP contribution in [0.25, 0.3) is 34.2 Å². The van der Waals surface area contributed by atoms with E-state index in [1.54, 1.807) is 62.6 Å². The fourth-order valence-electron chi connectivity index (χ4n) is 6.15. The summed E-state index contributed by atoms with van der Waals surface area (Å²) < 4.78 is 32.0. The van der Waals surface area contributed by atoms with E-state index in [1.807, 2.05) is 0 Å². The van der Waals surface area contributed by atoms with Gasteiger partial charge in [0.05, 0.1) is 45.0 Å². The molecule has 0 spiro atoms. The number of phenolic OH excluding ortho intramolecular Hbond substituents is 2. The molecule has 2 N–H and O–H groups in total. The van der Waals surface area contributed by atoms with Crippen molar-refractivity contribution in [1.82, 2.24) is 15.0 Å². The highest BCUT2D eigenvalue weighted by Crippen LogP contribution is 2.36. The van der Waals surface area contributed by atoms with Crippen molar-refractivity contribution < 1.29 is 57.8 Å². The molecule has 4 aromatic rings. The number of ether oxygens (including phenoxy) is 6. The molecule has 0 amide bonds. The van der Waals surface area contributed by atoms with Crippen molar-refractivity contribution >= 4 is 23.7 Å². The maximum Gasteiger partial charge on any atom is 0.347 e. The molecule has 0 aliphatic heterocycles. The normalized spacial score (nSPS) is 10.8. The fourth-order valence-corrected chi connectivity index (χ4v) is 6.15. The lowest BCUT2D eigenvalue weighted by molar-refractivity contribution is -0.151. The van der Waals surface area contributed by atoms with Crippen molar-refractivity contribution in [3.05, 3.63) is 60.7 Å². The molecule has 0 saturated heterocycles. The number of ketones is 1. The molecule has 1 aromatic heterocycles. The molecule has 67 heavy (non-hydrogen) atoms. The van der Waals surface area contributed by atoms with E-state index in [4.69, 9.17) is 28.4 Å². The zero-order chi connectivity index (χ0) is 44.1. The maximum absolute atomic E-state index is 12.7. The largest absolute Gasteiger partial charge is 0.507 e. The number of unbranched alkanes of at least 4 members (excludes halogenated alkanes) is 9. The smallest absolute Gasteiger partial charge is 0.347 e. The Kier molecular flexibility index (Phi) is 33.1. The van der Waals surface area contributed by atoms with Gasteiger partial charge in [0.25, 0.3) is 0 Å². The van der Waals surface area contributed by atoms with Crippen LogP contribution in [0.15, 0.2) is 60.7 Å². The number of esters is 3. The fraction of sp³-hybridized carbons (Fsp3) is 0.519. The number of Topliss-reactive ketones (excluding diaryl/α,β-unsaturated/α-hetero) is 1. The molecule has 2 atom stereocenters. The first kappa shape index (κ1) is 65.0. The number of carbonyl (C=O) groups excluding carboxylic acids is 4. The van der Waals surface area contributed by atoms with Crippen molar-refractivity contribution in [2.75, 3.05) is 27.4 Å². The number of phenols is 2. The zero-order valence-electron chi connectivity index (χ0n) is 35.6. The molecule has 0 aliphatic carbocycles. The third-order valence-electron chi connectivity index (χ3n) is 9.62. The Morgan fingerprint density at radius 3 is 1.34 bits per heavy atom. The highest BCUT2D eigenvalue weighted by molar-refractivity contribution is 5.81. The van der Waals surface area contributed by atoms with Crippen LogP contribution in [-0.4, -0.2) is 88.5 Å². The quantitative estimate of drug-likeness (QED) is 0.0341. The molecule has 15 nitrogen and oxygen atoms in total. The third-order valence-corrected chi connectivity index (χ3v) is 9.62. The van der Waals surface area contributed by atoms with Gasteiger partial charge in [-0.15, -0.1) is 0 Å². The lowest BCUT2D eigenvalue weighted by Crippen LogP contribution is -2.26. The van der Waals surface area contributed by atoms with E-state index in [2.05, 4.69) is 15.0 Å². The van der Waals surface area contributed by atoms with Crippen LogP contribution in [0.1, 0.15) is 142 Å². The summed E-state index contributed by atoms with van der Waals surface area (Å²) in [6, 6.07) is 16.0. The molecule has 376 valence electrons. The van der Waals surface area contributed by atoms with Gasteiger partial charge in [-0.25, -0.2) is 24.5 Å². The van der Waals surface area contributed by atoms with E-state index in [9.17, 15) is 29.4 Å². The Hall–Kier alpha value is -6.25. The Labute approximate surface area is 401 Å². The number of hydrogen-bond donors (Lipinski definition) is 2. The molecular weight excluding hydrogens is 859 g/mol. The van der Waals surface area contributed by atoms with E-state index < -0.39 is 24.1 Å². The second-order valence-electron chi connectivity index (χ2n) is 14.6. The number of methoxy groups -OCH3 is 2. The van der Waals surface area contributed by atoms with Crippen molar-refractivity contribution in [2.45, 2.75) is 155 Å². The SMILES string of the molecule is C.C.C.C.C.C.COC(=O)C(C)Oc1ccc(-c2nc(-c3ccc(OC)cc3)nc(-c3ccc(OC(C)C(=O)OCCCCCCCCCCCCOC(=O)CCC(C)=O)cc3O)n2)c(O)c1. The third kappa shape index (κ3) is 21.7. The molecule has 4 rings (SSSR count). The van der Waals surface area contributed by atoms with Gasteiger partial charge in [-0.2, -0.15) is 0 Å². The van der Waals surface area contributed by atoms with Gasteiger partial charge in [-0.1, -0.05) is 95.9 Å². The van der Waals surface area contributed by atoms with Gasteiger partial charge in [-0.05, 0) is 82.1 Å². The van der Waals surface area contributed by atoms with Crippen LogP contribution in [0.4, 0.5) is 0 Å². The van der Waals surface area contributed by atoms with Gasteiger partial charge in [0.2, 0.25) is 0 Å². The van der Waals surface area contributed by atoms with Crippen molar-refractivity contribution in [2.24, 2.45) is 0 Å². The van der Waals surface area contributed by atoms with Crippen molar-refractivity contribution in [3.63, 3.8) is 0 Å². The summed E-state index contributed by atoms with van der Waals surface area (Å²) in [5.74, 6) is -0.319. The minimum atomic E-state index is -0.931. The first-order valence-corrected chi connectivity index (χ1v) is 20.7. The van der Waals surface area contributed by atoms with Gasteiger partial charge in [-0.3, -0.25) is 4.79 Å². The highest BCUT2D eigenvalue weighted by Gasteiger charge is 2.21. The summed E-state index contributed by atoms with van der Waals surface area (Å²) in [6.45, 7) is 5.26. The number of carbonyl (C=O) groups is 4. The van der Waals surface area contributed by atoms with Crippen LogP contribution >= 0.6 is 0 Å². The average Bonchev–Trinajstić information content (AvgIpc) is 3.25. The summed E-state index contributed by atoms with van der Waals surface area (Å²) in [5.41, 5.74) is 1.10. The van der Waals surface area contributed by atoms with Gasteiger partial charge in [0.1, 0.15) is 34.5 Å². The summed E-state index contributed by atoms with van der Waals surface area (Å²) in [5, 5.41) is 22.2.